The normalized spacial score (nSPS) is 10.4. The van der Waals surface area contributed by atoms with E-state index in [0.29, 0.717) is 6.54 Å². The summed E-state index contributed by atoms with van der Waals surface area (Å²) >= 11 is 1.69. The second-order valence-electron chi connectivity index (χ2n) is 5.09. The van der Waals surface area contributed by atoms with E-state index in [1.807, 2.05) is 25.1 Å². The van der Waals surface area contributed by atoms with Gasteiger partial charge in [-0.05, 0) is 65.9 Å². The molecule has 112 valence electrons. The number of hydrogen-bond acceptors (Lipinski definition) is 3. The highest BCUT2D eigenvalue weighted by atomic mass is 32.1. The van der Waals surface area contributed by atoms with Crippen molar-refractivity contribution in [3.8, 4) is 0 Å². The molecule has 3 nitrogen and oxygen atoms in total. The van der Waals surface area contributed by atoms with E-state index in [9.17, 15) is 4.79 Å². The third kappa shape index (κ3) is 4.60. The molecule has 0 aliphatic carbocycles. The maximum absolute atomic E-state index is 12.2. The predicted molar refractivity (Wildman–Crippen MR) is 90.3 cm³/mol. The number of anilines is 1. The lowest BCUT2D eigenvalue weighted by atomic mass is 10.1. The number of thiophene rings is 1. The first-order valence-corrected chi connectivity index (χ1v) is 8.28. The van der Waals surface area contributed by atoms with Gasteiger partial charge in [-0.3, -0.25) is 4.79 Å². The van der Waals surface area contributed by atoms with E-state index >= 15 is 0 Å². The molecule has 0 saturated heterocycles. The Morgan fingerprint density at radius 2 is 2.10 bits per heavy atom. The van der Waals surface area contributed by atoms with Crippen molar-refractivity contribution in [1.82, 2.24) is 5.32 Å². The third-order valence-corrected chi connectivity index (χ3v) is 4.06. The second-order valence-corrected chi connectivity index (χ2v) is 5.87. The van der Waals surface area contributed by atoms with E-state index in [-0.39, 0.29) is 5.91 Å². The number of benzene rings is 1. The molecule has 0 fully saturated rings. The van der Waals surface area contributed by atoms with Crippen LogP contribution in [0.1, 0.15) is 34.8 Å². The molecule has 1 aromatic carbocycles. The Morgan fingerprint density at radius 1 is 1.24 bits per heavy atom. The van der Waals surface area contributed by atoms with Gasteiger partial charge in [-0.25, -0.2) is 0 Å². The van der Waals surface area contributed by atoms with Gasteiger partial charge in [0, 0.05) is 24.3 Å². The number of amides is 1. The molecule has 1 heterocycles. The zero-order chi connectivity index (χ0) is 15.1. The number of nitrogens with one attached hydrogen (secondary N) is 2. The van der Waals surface area contributed by atoms with Crippen molar-refractivity contribution in [2.75, 3.05) is 18.4 Å². The molecule has 4 heteroatoms. The molecule has 0 aliphatic heterocycles. The van der Waals surface area contributed by atoms with Crippen molar-refractivity contribution < 1.29 is 4.79 Å². The van der Waals surface area contributed by atoms with Crippen molar-refractivity contribution in [2.24, 2.45) is 0 Å². The van der Waals surface area contributed by atoms with Crippen LogP contribution >= 0.6 is 11.3 Å². The fourth-order valence-electron chi connectivity index (χ4n) is 2.15. The molecule has 0 atom stereocenters. The Bertz CT molecular complexity index is 578. The van der Waals surface area contributed by atoms with Crippen LogP contribution in [0.4, 0.5) is 5.69 Å². The van der Waals surface area contributed by atoms with Gasteiger partial charge >= 0.3 is 0 Å². The smallest absolute Gasteiger partial charge is 0.251 e. The Balaban J connectivity index is 1.89. The maximum Gasteiger partial charge on any atom is 0.251 e. The van der Waals surface area contributed by atoms with Crippen molar-refractivity contribution in [3.05, 3.63) is 51.7 Å². The quantitative estimate of drug-likeness (QED) is 0.815. The predicted octanol–water partition coefficient (Wildman–Crippen LogP) is 3.85. The summed E-state index contributed by atoms with van der Waals surface area (Å²) in [5.74, 6) is 0.00442. The Morgan fingerprint density at radius 3 is 2.76 bits per heavy atom. The highest BCUT2D eigenvalue weighted by molar-refractivity contribution is 7.07. The summed E-state index contributed by atoms with van der Waals surface area (Å²) in [6.45, 7) is 5.73. The van der Waals surface area contributed by atoms with Gasteiger partial charge in [0.05, 0.1) is 0 Å². The van der Waals surface area contributed by atoms with Gasteiger partial charge in [-0.1, -0.05) is 6.92 Å². The molecule has 0 unspecified atom stereocenters. The molecular formula is C17H22N2OS. The van der Waals surface area contributed by atoms with Gasteiger partial charge in [0.15, 0.2) is 0 Å². The highest BCUT2D eigenvalue weighted by Gasteiger charge is 2.09. The molecule has 1 aromatic heterocycles. The summed E-state index contributed by atoms with van der Waals surface area (Å²) in [5, 5.41) is 10.5. The molecule has 2 aromatic rings. The van der Waals surface area contributed by atoms with E-state index in [0.717, 1.165) is 36.2 Å². The molecule has 0 saturated carbocycles. The molecule has 0 radical (unpaired) electrons. The summed E-state index contributed by atoms with van der Waals surface area (Å²) in [6.07, 6.45) is 1.97. The fraction of sp³-hybridized carbons (Fsp3) is 0.353. The van der Waals surface area contributed by atoms with Gasteiger partial charge < -0.3 is 10.6 Å². The van der Waals surface area contributed by atoms with Gasteiger partial charge in [0.25, 0.3) is 5.91 Å². The molecule has 0 aliphatic rings. The van der Waals surface area contributed by atoms with E-state index in [2.05, 4.69) is 34.4 Å². The van der Waals surface area contributed by atoms with Crippen molar-refractivity contribution >= 4 is 22.9 Å². The highest BCUT2D eigenvalue weighted by Crippen LogP contribution is 2.15. The van der Waals surface area contributed by atoms with Crippen LogP contribution in [-0.2, 0) is 6.42 Å². The zero-order valence-corrected chi connectivity index (χ0v) is 13.4. The number of rotatable bonds is 7. The summed E-state index contributed by atoms with van der Waals surface area (Å²) in [5.41, 5.74) is 4.10. The molecule has 1 amide bonds. The van der Waals surface area contributed by atoms with Crippen molar-refractivity contribution in [2.45, 2.75) is 26.7 Å². The first-order chi connectivity index (χ1) is 10.2. The van der Waals surface area contributed by atoms with Gasteiger partial charge in [0.2, 0.25) is 0 Å². The second kappa shape index (κ2) is 7.84. The van der Waals surface area contributed by atoms with Crippen LogP contribution in [0.3, 0.4) is 0 Å². The number of carbonyl (C=O) groups excluding carboxylic acids is 1. The Labute approximate surface area is 130 Å². The molecular weight excluding hydrogens is 280 g/mol. The average Bonchev–Trinajstić information content (AvgIpc) is 2.98. The number of aryl methyl sites for hydroxylation is 1. The molecule has 0 bridgehead atoms. The summed E-state index contributed by atoms with van der Waals surface area (Å²) in [7, 11) is 0. The van der Waals surface area contributed by atoms with E-state index in [1.54, 1.807) is 11.3 Å². The fourth-order valence-corrected chi connectivity index (χ4v) is 2.85. The number of carbonyl (C=O) groups is 1. The van der Waals surface area contributed by atoms with E-state index < -0.39 is 0 Å². The van der Waals surface area contributed by atoms with Crippen LogP contribution in [0.15, 0.2) is 35.0 Å². The molecule has 2 N–H and O–H groups in total. The molecule has 2 rings (SSSR count). The summed E-state index contributed by atoms with van der Waals surface area (Å²) < 4.78 is 0. The van der Waals surface area contributed by atoms with E-state index in [1.165, 1.54) is 5.56 Å². The minimum atomic E-state index is 0.00442. The van der Waals surface area contributed by atoms with Crippen LogP contribution in [0.25, 0.3) is 0 Å². The van der Waals surface area contributed by atoms with Crippen LogP contribution in [-0.4, -0.2) is 19.0 Å². The number of hydrogen-bond donors (Lipinski definition) is 2. The third-order valence-electron chi connectivity index (χ3n) is 3.33. The minimum Gasteiger partial charge on any atom is -0.385 e. The van der Waals surface area contributed by atoms with Crippen LogP contribution < -0.4 is 10.6 Å². The first kappa shape index (κ1) is 15.6. The minimum absolute atomic E-state index is 0.00442. The largest absolute Gasteiger partial charge is 0.385 e. The van der Waals surface area contributed by atoms with Crippen LogP contribution in [0.2, 0.25) is 0 Å². The Hall–Kier alpha value is -1.81. The maximum atomic E-state index is 12.2. The monoisotopic (exact) mass is 302 g/mol. The summed E-state index contributed by atoms with van der Waals surface area (Å²) in [6, 6.07) is 7.99. The zero-order valence-electron chi connectivity index (χ0n) is 12.6. The average molecular weight is 302 g/mol. The van der Waals surface area contributed by atoms with Gasteiger partial charge in [0.1, 0.15) is 0 Å². The van der Waals surface area contributed by atoms with Gasteiger partial charge in [-0.15, -0.1) is 0 Å². The van der Waals surface area contributed by atoms with Crippen LogP contribution in [0, 0.1) is 6.92 Å². The standard InChI is InChI=1S/C17H22N2OS/c1-3-8-18-15-4-5-16(13(2)11-15)17(20)19-9-6-14-7-10-21-12-14/h4-5,7,10-12,18H,3,6,8-9H2,1-2H3,(H,19,20). The lowest BCUT2D eigenvalue weighted by Crippen LogP contribution is -2.26. The topological polar surface area (TPSA) is 41.1 Å². The first-order valence-electron chi connectivity index (χ1n) is 7.34. The lowest BCUT2D eigenvalue weighted by Gasteiger charge is -2.10. The van der Waals surface area contributed by atoms with Gasteiger partial charge in [-0.2, -0.15) is 11.3 Å². The lowest BCUT2D eigenvalue weighted by molar-refractivity contribution is 0.0953. The SMILES string of the molecule is CCCNc1ccc(C(=O)NCCc2ccsc2)c(C)c1. The van der Waals surface area contributed by atoms with Crippen LogP contribution in [0.5, 0.6) is 0 Å². The summed E-state index contributed by atoms with van der Waals surface area (Å²) in [4.78, 5) is 12.2. The van der Waals surface area contributed by atoms with E-state index in [4.69, 9.17) is 0 Å². The molecule has 0 spiro atoms. The Kier molecular flexibility index (Phi) is 5.81. The molecule has 21 heavy (non-hydrogen) atoms. The van der Waals surface area contributed by atoms with Crippen molar-refractivity contribution in [1.29, 1.82) is 0 Å². The van der Waals surface area contributed by atoms with Crippen molar-refractivity contribution in [3.63, 3.8) is 0 Å².